The van der Waals surface area contributed by atoms with E-state index in [1.54, 1.807) is 50.6 Å². The smallest absolute Gasteiger partial charge is 0.422 e. The molecule has 12 N–H and O–H groups in total. The number of rotatable bonds is 37. The van der Waals surface area contributed by atoms with E-state index in [2.05, 4.69) is 35.1 Å². The van der Waals surface area contributed by atoms with Crippen molar-refractivity contribution in [3.8, 4) is 11.3 Å². The summed E-state index contributed by atoms with van der Waals surface area (Å²) in [5, 5.41) is 25.7. The van der Waals surface area contributed by atoms with E-state index in [1.165, 1.54) is 40.6 Å². The number of imidazole rings is 2. The van der Waals surface area contributed by atoms with Gasteiger partial charge < -0.3 is 84.1 Å². The number of piperazine rings is 1. The van der Waals surface area contributed by atoms with Crippen LogP contribution in [0, 0.1) is 5.82 Å². The van der Waals surface area contributed by atoms with Gasteiger partial charge in [0.25, 0.3) is 0 Å². The van der Waals surface area contributed by atoms with Crippen molar-refractivity contribution in [1.29, 1.82) is 0 Å². The van der Waals surface area contributed by atoms with E-state index >= 15 is 0 Å². The molecule has 2 saturated heterocycles. The topological polar surface area (TPSA) is 408 Å². The molecule has 30 nitrogen and oxygen atoms in total. The zero-order valence-electron chi connectivity index (χ0n) is 51.7. The summed E-state index contributed by atoms with van der Waals surface area (Å²) in [6, 6.07) is 9.22. The molecule has 4 unspecified atom stereocenters. The van der Waals surface area contributed by atoms with E-state index in [1.807, 2.05) is 18.2 Å². The maximum absolute atomic E-state index is 14.8. The second-order valence-corrected chi connectivity index (χ2v) is 26.0. The second kappa shape index (κ2) is 32.2. The van der Waals surface area contributed by atoms with Crippen molar-refractivity contribution in [3.63, 3.8) is 0 Å². The van der Waals surface area contributed by atoms with E-state index in [4.69, 9.17) is 54.5 Å². The number of phosphoric ester groups is 1. The summed E-state index contributed by atoms with van der Waals surface area (Å²) in [6.07, 6.45) is 1.40. The average Bonchev–Trinajstić information content (AvgIpc) is 1.67. The predicted octanol–water partition coefficient (Wildman–Crippen LogP) is 3.93. The van der Waals surface area contributed by atoms with Crippen LogP contribution in [0.3, 0.4) is 0 Å². The molecule has 2 fully saturated rings. The number of aliphatic hydroxyl groups excluding tert-OH is 2. The van der Waals surface area contributed by atoms with Crippen LogP contribution in [0.2, 0.25) is 0 Å². The number of carbonyl (C=O) groups excluding carboxylic acids is 1. The maximum Gasteiger partial charge on any atom is 0.470 e. The number of hydrogen-bond donors (Lipinski definition) is 9. The lowest BCUT2D eigenvalue weighted by Gasteiger charge is -2.39. The van der Waals surface area contributed by atoms with Crippen LogP contribution < -0.4 is 33.2 Å². The number of halogens is 1. The highest BCUT2D eigenvalue weighted by Gasteiger charge is 2.56. The number of fused-ring (bicyclic) bond motifs is 3. The van der Waals surface area contributed by atoms with E-state index in [0.717, 1.165) is 43.8 Å². The minimum Gasteiger partial charge on any atom is -0.422 e. The van der Waals surface area contributed by atoms with Crippen molar-refractivity contribution in [2.75, 3.05) is 109 Å². The van der Waals surface area contributed by atoms with Gasteiger partial charge in [0, 0.05) is 93.9 Å². The summed E-state index contributed by atoms with van der Waals surface area (Å²) in [4.78, 5) is 79.4. The van der Waals surface area contributed by atoms with Gasteiger partial charge in [-0.2, -0.15) is 0 Å². The summed E-state index contributed by atoms with van der Waals surface area (Å²) in [6.45, 7) is 13.2. The zero-order chi connectivity index (χ0) is 65.5. The summed E-state index contributed by atoms with van der Waals surface area (Å²) in [7, 11) is -9.92. The van der Waals surface area contributed by atoms with Crippen molar-refractivity contribution >= 4 is 60.6 Å². The fourth-order valence-electron chi connectivity index (χ4n) is 11.4. The number of carbonyl (C=O) groups is 1. The average molecular weight is 1320 g/mol. The molecule has 1 aromatic carbocycles. The van der Waals surface area contributed by atoms with Gasteiger partial charge in [0.1, 0.15) is 41.1 Å². The minimum absolute atomic E-state index is 0.0200. The Bertz CT molecular complexity index is 3540. The van der Waals surface area contributed by atoms with Gasteiger partial charge in [-0.1, -0.05) is 27.7 Å². The molecule has 91 heavy (non-hydrogen) atoms. The van der Waals surface area contributed by atoms with Crippen molar-refractivity contribution in [2.24, 2.45) is 11.6 Å². The number of nitrogen functional groups attached to an aromatic ring is 1. The molecule has 33 heteroatoms. The number of nitrogens with zero attached hydrogens (tertiary/aromatic N) is 9. The first-order chi connectivity index (χ1) is 43.5. The number of phosphoric acid groups is 1. The molecule has 0 spiro atoms. The quantitative estimate of drug-likeness (QED) is 0.00877. The molecule has 7 heterocycles. The molecule has 6 aromatic rings. The number of hydrogen-bond acceptors (Lipinski definition) is 24. The number of benzene rings is 1. The Hall–Kier alpha value is -6.09. The first kappa shape index (κ1) is 70.8. The first-order valence-corrected chi connectivity index (χ1v) is 33.6. The van der Waals surface area contributed by atoms with Crippen molar-refractivity contribution in [1.82, 2.24) is 44.1 Å². The molecule has 0 aliphatic carbocycles. The van der Waals surface area contributed by atoms with Gasteiger partial charge in [-0.25, -0.2) is 39.5 Å². The number of nitrogens with two attached hydrogens (primary N) is 3. The van der Waals surface area contributed by atoms with Crippen LogP contribution in [0.1, 0.15) is 85.3 Å². The van der Waals surface area contributed by atoms with Crippen molar-refractivity contribution in [2.45, 2.75) is 120 Å². The molecule has 6 atom stereocenters. The van der Waals surface area contributed by atoms with Gasteiger partial charge in [-0.15, -0.1) is 0 Å². The molecule has 2 aliphatic heterocycles. The van der Waals surface area contributed by atoms with E-state index in [0.29, 0.717) is 67.8 Å². The molecule has 8 rings (SSSR count). The molecule has 2 aliphatic rings. The van der Waals surface area contributed by atoms with Crippen LogP contribution in [-0.4, -0.2) is 203 Å². The van der Waals surface area contributed by atoms with Gasteiger partial charge in [0.05, 0.1) is 106 Å². The van der Waals surface area contributed by atoms with E-state index < -0.39 is 80.7 Å². The van der Waals surface area contributed by atoms with Crippen LogP contribution >= 0.6 is 15.4 Å². The number of hydrazine groups is 1. The number of nitrogens with one attached hydrogen (secondary N) is 1. The Morgan fingerprint density at radius 3 is 2.30 bits per heavy atom. The molecule has 1 amide bonds. The lowest BCUT2D eigenvalue weighted by atomic mass is 9.88. The minimum atomic E-state index is -5.03. The third kappa shape index (κ3) is 18.4. The number of aliphatic hydroxyl groups is 2. The van der Waals surface area contributed by atoms with Crippen molar-refractivity contribution < 1.29 is 80.4 Å². The Balaban J connectivity index is 0.680. The summed E-state index contributed by atoms with van der Waals surface area (Å²) < 4.78 is 89.7. The monoisotopic (exact) mass is 1320 g/mol. The lowest BCUT2D eigenvalue weighted by Crippen LogP contribution is -2.47. The number of ether oxygens (including phenoxy) is 5. The third-order valence-corrected chi connectivity index (χ3v) is 20.0. The molecular weight excluding hydrogens is 1230 g/mol. The van der Waals surface area contributed by atoms with Gasteiger partial charge in [0.15, 0.2) is 17.7 Å². The zero-order valence-corrected chi connectivity index (χ0v) is 53.5. The van der Waals surface area contributed by atoms with Gasteiger partial charge in [-0.05, 0) is 62.8 Å². The molecule has 502 valence electrons. The van der Waals surface area contributed by atoms with Crippen molar-refractivity contribution in [3.05, 3.63) is 89.6 Å². The number of aromatic nitrogens is 6. The highest BCUT2D eigenvalue weighted by molar-refractivity contribution is 7.54. The third-order valence-electron chi connectivity index (χ3n) is 16.8. The lowest BCUT2D eigenvalue weighted by molar-refractivity contribution is -0.122. The SMILES string of the molecule is CCC(CC)(C[C@@H]1O[C@H](n2cnc3c(N)ncnc32)C(OP(=O)(O)C(CC)(CC)CC(CO)NC(=O)CCCN(N)/C=C(\N)COCCOCCOCCOCCN2CCN(c3ccc4cc(-c5cn6ccc(F)cc6n5)c(=O)oc4c3)CC2)C1O)OP(=O)(O)O. The Morgan fingerprint density at radius 1 is 0.934 bits per heavy atom. The van der Waals surface area contributed by atoms with Crippen LogP contribution in [0.5, 0.6) is 0 Å². The number of anilines is 2. The van der Waals surface area contributed by atoms with Gasteiger partial charge in [-0.3, -0.25) is 27.9 Å². The predicted molar refractivity (Wildman–Crippen MR) is 333 cm³/mol. The summed E-state index contributed by atoms with van der Waals surface area (Å²) in [5.74, 6) is 5.31. The largest absolute Gasteiger partial charge is 0.470 e. The highest BCUT2D eigenvalue weighted by Crippen LogP contribution is 2.63. The standard InChI is InChI=1S/C58H86FN13O17P2/c1-5-57(6-2,89-91(79,80)81)32-47-51(75)52(55(86-47)72-38-65-50-53(61)63-37-64-54(50)72)88-90(77,78)58(7-3,8-4)31-42(35-73)66-49(74)10-9-14-71(62)33-41(60)36-85-27-26-84-25-24-83-23-22-82-21-20-68-16-18-69(19-17-68)43-12-11-39-28-44(56(76)87-46(39)30-43)45-34-70-15-13-40(59)29-48(70)67-45/h11-13,15,28-30,33-34,37-38,42,47,51-52,55,73,75H,5-10,14,16-27,31-32,35-36,60,62H2,1-4H3,(H,66,74)(H,77,78)(H2,61,63,64)(H2,79,80,81)/b41-33-/t42?,47-,51?,52?,55-/m0/s1. The van der Waals surface area contributed by atoms with E-state index in [9.17, 15) is 48.0 Å². The summed E-state index contributed by atoms with van der Waals surface area (Å²) in [5.41, 5.74) is 13.4. The van der Waals surface area contributed by atoms with Crippen LogP contribution in [0.4, 0.5) is 15.9 Å². The van der Waals surface area contributed by atoms with Gasteiger partial charge in [0.2, 0.25) is 5.91 Å². The fraction of sp³-hybridized carbons (Fsp3) is 0.586. The van der Waals surface area contributed by atoms with Crippen LogP contribution in [0.15, 0.2) is 82.6 Å². The number of amides is 1. The van der Waals surface area contributed by atoms with Gasteiger partial charge >= 0.3 is 21.0 Å². The molecule has 0 radical (unpaired) electrons. The second-order valence-electron chi connectivity index (χ2n) is 22.7. The van der Waals surface area contributed by atoms with Crippen LogP contribution in [0.25, 0.3) is 39.0 Å². The normalized spacial score (nSPS) is 19.0. The molecular formula is C58H86FN13O17P2. The number of pyridine rings is 1. The summed E-state index contributed by atoms with van der Waals surface area (Å²) >= 11 is 0. The molecule has 0 saturated carbocycles. The first-order valence-electron chi connectivity index (χ1n) is 30.5. The molecule has 0 bridgehead atoms. The highest BCUT2D eigenvalue weighted by atomic mass is 31.2. The Labute approximate surface area is 525 Å². The Kier molecular flexibility index (Phi) is 25.0. The fourth-order valence-corrected chi connectivity index (χ4v) is 14.3. The maximum atomic E-state index is 14.8. The molecule has 5 aromatic heterocycles. The van der Waals surface area contributed by atoms with E-state index in [-0.39, 0.29) is 88.1 Å². The van der Waals surface area contributed by atoms with Crippen LogP contribution in [-0.2, 0) is 46.7 Å². The Morgan fingerprint density at radius 2 is 1.63 bits per heavy atom.